The first-order valence-electron chi connectivity index (χ1n) is 8.66. The van der Waals surface area contributed by atoms with Crippen LogP contribution >= 0.6 is 0 Å². The summed E-state index contributed by atoms with van der Waals surface area (Å²) in [5, 5.41) is 7.73. The SMILES string of the molecule is Cc1noc2nc(-c3cccnc3)c(C(=O)NC(C)c3ccccc3)cc12. The van der Waals surface area contributed by atoms with Crippen molar-refractivity contribution < 1.29 is 9.32 Å². The van der Waals surface area contributed by atoms with Crippen LogP contribution in [0.25, 0.3) is 22.4 Å². The molecule has 6 nitrogen and oxygen atoms in total. The minimum Gasteiger partial charge on any atom is -0.345 e. The molecule has 134 valence electrons. The molecule has 0 saturated carbocycles. The third-order valence-corrected chi connectivity index (χ3v) is 4.47. The Hall–Kier alpha value is -3.54. The van der Waals surface area contributed by atoms with E-state index in [0.717, 1.165) is 16.5 Å². The topological polar surface area (TPSA) is 80.9 Å². The molecular formula is C21H18N4O2. The number of pyridine rings is 2. The van der Waals surface area contributed by atoms with Crippen LogP contribution in [-0.4, -0.2) is 21.0 Å². The Labute approximate surface area is 156 Å². The van der Waals surface area contributed by atoms with Gasteiger partial charge in [0.15, 0.2) is 0 Å². The minimum absolute atomic E-state index is 0.139. The normalized spacial score (nSPS) is 12.1. The van der Waals surface area contributed by atoms with E-state index in [4.69, 9.17) is 4.52 Å². The summed E-state index contributed by atoms with van der Waals surface area (Å²) >= 11 is 0. The Balaban J connectivity index is 1.77. The van der Waals surface area contributed by atoms with Gasteiger partial charge >= 0.3 is 0 Å². The molecule has 1 amide bonds. The summed E-state index contributed by atoms with van der Waals surface area (Å²) in [5.74, 6) is -0.208. The van der Waals surface area contributed by atoms with Crippen molar-refractivity contribution >= 4 is 17.0 Å². The van der Waals surface area contributed by atoms with Crippen molar-refractivity contribution in [3.8, 4) is 11.3 Å². The molecular weight excluding hydrogens is 340 g/mol. The van der Waals surface area contributed by atoms with E-state index in [9.17, 15) is 4.79 Å². The van der Waals surface area contributed by atoms with E-state index < -0.39 is 0 Å². The van der Waals surface area contributed by atoms with Crippen molar-refractivity contribution in [2.45, 2.75) is 19.9 Å². The Bertz CT molecular complexity index is 1090. The Morgan fingerprint density at radius 3 is 2.70 bits per heavy atom. The number of amides is 1. The quantitative estimate of drug-likeness (QED) is 0.594. The van der Waals surface area contributed by atoms with Crippen LogP contribution in [0, 0.1) is 6.92 Å². The van der Waals surface area contributed by atoms with Gasteiger partial charge in [-0.2, -0.15) is 0 Å². The van der Waals surface area contributed by atoms with Gasteiger partial charge in [-0.05, 0) is 37.6 Å². The van der Waals surface area contributed by atoms with Crippen molar-refractivity contribution in [1.82, 2.24) is 20.4 Å². The summed E-state index contributed by atoms with van der Waals surface area (Å²) in [6.45, 7) is 3.78. The molecule has 27 heavy (non-hydrogen) atoms. The van der Waals surface area contributed by atoms with Gasteiger partial charge in [0.25, 0.3) is 11.6 Å². The Morgan fingerprint density at radius 1 is 1.15 bits per heavy atom. The van der Waals surface area contributed by atoms with E-state index >= 15 is 0 Å². The number of fused-ring (bicyclic) bond motifs is 1. The van der Waals surface area contributed by atoms with Crippen LogP contribution < -0.4 is 5.32 Å². The number of nitrogens with zero attached hydrogens (tertiary/aromatic N) is 3. The van der Waals surface area contributed by atoms with E-state index in [1.54, 1.807) is 24.5 Å². The van der Waals surface area contributed by atoms with E-state index in [2.05, 4.69) is 20.4 Å². The molecule has 0 spiro atoms. The summed E-state index contributed by atoms with van der Waals surface area (Å²) in [5.41, 5.74) is 3.85. The van der Waals surface area contributed by atoms with E-state index in [-0.39, 0.29) is 11.9 Å². The number of hydrogen-bond acceptors (Lipinski definition) is 5. The average molecular weight is 358 g/mol. The van der Waals surface area contributed by atoms with Gasteiger partial charge in [0.05, 0.1) is 28.4 Å². The van der Waals surface area contributed by atoms with Crippen LogP contribution in [0.4, 0.5) is 0 Å². The molecule has 3 aromatic heterocycles. The fourth-order valence-electron chi connectivity index (χ4n) is 2.98. The number of aryl methyl sites for hydroxylation is 1. The molecule has 4 aromatic rings. The Kier molecular flexibility index (Phi) is 4.38. The highest BCUT2D eigenvalue weighted by atomic mass is 16.5. The van der Waals surface area contributed by atoms with Crippen LogP contribution in [0.15, 0.2) is 65.4 Å². The lowest BCUT2D eigenvalue weighted by Gasteiger charge is -2.16. The second-order valence-electron chi connectivity index (χ2n) is 6.35. The maximum absolute atomic E-state index is 13.1. The lowest BCUT2D eigenvalue weighted by atomic mass is 10.0. The first-order valence-corrected chi connectivity index (χ1v) is 8.66. The van der Waals surface area contributed by atoms with E-state index in [1.165, 1.54) is 0 Å². The zero-order valence-corrected chi connectivity index (χ0v) is 15.0. The molecule has 0 saturated heterocycles. The third-order valence-electron chi connectivity index (χ3n) is 4.47. The summed E-state index contributed by atoms with van der Waals surface area (Å²) in [6.07, 6.45) is 3.35. The van der Waals surface area contributed by atoms with E-state index in [0.29, 0.717) is 22.7 Å². The Morgan fingerprint density at radius 2 is 1.96 bits per heavy atom. The molecule has 0 aliphatic heterocycles. The fourth-order valence-corrected chi connectivity index (χ4v) is 2.98. The molecule has 1 unspecified atom stereocenters. The molecule has 1 atom stereocenters. The fraction of sp³-hybridized carbons (Fsp3) is 0.143. The highest BCUT2D eigenvalue weighted by molar-refractivity contribution is 6.03. The number of aromatic nitrogens is 3. The highest BCUT2D eigenvalue weighted by Gasteiger charge is 2.20. The maximum Gasteiger partial charge on any atom is 0.258 e. The highest BCUT2D eigenvalue weighted by Crippen LogP contribution is 2.27. The predicted molar refractivity (Wildman–Crippen MR) is 102 cm³/mol. The molecule has 0 aliphatic carbocycles. The predicted octanol–water partition coefficient (Wildman–Crippen LogP) is 4.08. The summed E-state index contributed by atoms with van der Waals surface area (Å²) < 4.78 is 5.28. The van der Waals surface area contributed by atoms with Gasteiger partial charge in [0.2, 0.25) is 0 Å². The van der Waals surface area contributed by atoms with Gasteiger partial charge in [-0.1, -0.05) is 35.5 Å². The summed E-state index contributed by atoms with van der Waals surface area (Å²) in [4.78, 5) is 21.8. The van der Waals surface area contributed by atoms with Crippen molar-refractivity contribution in [3.63, 3.8) is 0 Å². The van der Waals surface area contributed by atoms with Gasteiger partial charge in [-0.15, -0.1) is 0 Å². The van der Waals surface area contributed by atoms with Gasteiger partial charge in [0, 0.05) is 18.0 Å². The smallest absolute Gasteiger partial charge is 0.258 e. The van der Waals surface area contributed by atoms with Crippen LogP contribution in [0.2, 0.25) is 0 Å². The summed E-state index contributed by atoms with van der Waals surface area (Å²) in [7, 11) is 0. The molecule has 3 heterocycles. The first-order chi connectivity index (χ1) is 13.1. The minimum atomic E-state index is -0.208. The number of rotatable bonds is 4. The number of carbonyl (C=O) groups is 1. The summed E-state index contributed by atoms with van der Waals surface area (Å²) in [6, 6.07) is 15.1. The number of hydrogen-bond donors (Lipinski definition) is 1. The zero-order chi connectivity index (χ0) is 18.8. The van der Waals surface area contributed by atoms with Crippen LogP contribution in [0.1, 0.15) is 34.6 Å². The molecule has 4 rings (SSSR count). The van der Waals surface area contributed by atoms with Crippen molar-refractivity contribution in [1.29, 1.82) is 0 Å². The third kappa shape index (κ3) is 3.29. The molecule has 0 aliphatic rings. The van der Waals surface area contributed by atoms with Gasteiger partial charge in [-0.25, -0.2) is 4.98 Å². The average Bonchev–Trinajstić information content (AvgIpc) is 3.08. The van der Waals surface area contributed by atoms with Crippen molar-refractivity contribution in [2.75, 3.05) is 0 Å². The zero-order valence-electron chi connectivity index (χ0n) is 15.0. The lowest BCUT2D eigenvalue weighted by Crippen LogP contribution is -2.27. The van der Waals surface area contributed by atoms with Crippen molar-refractivity contribution in [2.24, 2.45) is 0 Å². The van der Waals surface area contributed by atoms with Gasteiger partial charge < -0.3 is 9.84 Å². The second-order valence-corrected chi connectivity index (χ2v) is 6.35. The number of nitrogens with one attached hydrogen (secondary N) is 1. The monoisotopic (exact) mass is 358 g/mol. The first kappa shape index (κ1) is 16.9. The molecule has 0 fully saturated rings. The van der Waals surface area contributed by atoms with Crippen LogP contribution in [0.5, 0.6) is 0 Å². The van der Waals surface area contributed by atoms with Gasteiger partial charge in [0.1, 0.15) is 0 Å². The largest absolute Gasteiger partial charge is 0.345 e. The van der Waals surface area contributed by atoms with Crippen LogP contribution in [-0.2, 0) is 0 Å². The van der Waals surface area contributed by atoms with Crippen molar-refractivity contribution in [3.05, 3.63) is 77.7 Å². The maximum atomic E-state index is 13.1. The second kappa shape index (κ2) is 6.99. The standard InChI is InChI=1S/C21H18N4O2/c1-13(15-7-4-3-5-8-15)23-20(26)18-11-17-14(2)25-27-21(17)24-19(18)16-9-6-10-22-12-16/h3-13H,1-2H3,(H,23,26). The van der Waals surface area contributed by atoms with E-state index in [1.807, 2.05) is 50.2 Å². The number of benzene rings is 1. The molecule has 1 N–H and O–H groups in total. The molecule has 0 bridgehead atoms. The lowest BCUT2D eigenvalue weighted by molar-refractivity contribution is 0.0940. The molecule has 6 heteroatoms. The molecule has 0 radical (unpaired) electrons. The molecule has 1 aromatic carbocycles. The number of carbonyl (C=O) groups excluding carboxylic acids is 1. The van der Waals surface area contributed by atoms with Gasteiger partial charge in [-0.3, -0.25) is 9.78 Å². The van der Waals surface area contributed by atoms with Crippen LogP contribution in [0.3, 0.4) is 0 Å².